The molecule has 1 amide bonds. The van der Waals surface area contributed by atoms with Gasteiger partial charge >= 0.3 is 5.97 Å². The Morgan fingerprint density at radius 2 is 1.67 bits per heavy atom. The first kappa shape index (κ1) is 16.5. The standard InChI is InChI=1S/C19H18ClNO3/c20-14-8-4-7-13(11-14)17(12-5-2-1-3-6-12)21-18(22)15-9-10-16(15)19(23)24/h1-8,11,15-17H,9-10H2,(H,21,22)(H,23,24). The molecule has 1 fully saturated rings. The van der Waals surface area contributed by atoms with Gasteiger partial charge in [-0.15, -0.1) is 0 Å². The Morgan fingerprint density at radius 3 is 2.25 bits per heavy atom. The molecule has 0 bridgehead atoms. The number of rotatable bonds is 5. The molecule has 2 aromatic carbocycles. The zero-order chi connectivity index (χ0) is 17.1. The smallest absolute Gasteiger partial charge is 0.307 e. The predicted molar refractivity (Wildman–Crippen MR) is 91.7 cm³/mol. The molecule has 0 aliphatic heterocycles. The van der Waals surface area contributed by atoms with Crippen molar-refractivity contribution in [3.8, 4) is 0 Å². The van der Waals surface area contributed by atoms with Gasteiger partial charge in [-0.25, -0.2) is 0 Å². The van der Waals surface area contributed by atoms with Crippen molar-refractivity contribution >= 4 is 23.5 Å². The molecule has 1 saturated carbocycles. The molecule has 3 rings (SSSR count). The highest BCUT2D eigenvalue weighted by molar-refractivity contribution is 6.30. The van der Waals surface area contributed by atoms with Gasteiger partial charge in [0.25, 0.3) is 0 Å². The molecule has 24 heavy (non-hydrogen) atoms. The molecular weight excluding hydrogens is 326 g/mol. The average molecular weight is 344 g/mol. The Hall–Kier alpha value is -2.33. The van der Waals surface area contributed by atoms with E-state index in [9.17, 15) is 9.59 Å². The lowest BCUT2D eigenvalue weighted by Gasteiger charge is -2.33. The zero-order valence-electron chi connectivity index (χ0n) is 13.0. The minimum absolute atomic E-state index is 0.220. The fraction of sp³-hybridized carbons (Fsp3) is 0.263. The molecule has 3 atom stereocenters. The van der Waals surface area contributed by atoms with Crippen LogP contribution >= 0.6 is 11.6 Å². The summed E-state index contributed by atoms with van der Waals surface area (Å²) in [7, 11) is 0. The number of amides is 1. The van der Waals surface area contributed by atoms with Crippen molar-refractivity contribution in [3.05, 3.63) is 70.7 Å². The van der Waals surface area contributed by atoms with Crippen molar-refractivity contribution in [2.75, 3.05) is 0 Å². The number of carbonyl (C=O) groups excluding carboxylic acids is 1. The van der Waals surface area contributed by atoms with Gasteiger partial charge in [-0.3, -0.25) is 9.59 Å². The second kappa shape index (κ2) is 7.05. The fourth-order valence-electron chi connectivity index (χ4n) is 3.05. The Morgan fingerprint density at radius 1 is 1.00 bits per heavy atom. The van der Waals surface area contributed by atoms with Crippen LogP contribution in [-0.4, -0.2) is 17.0 Å². The lowest BCUT2D eigenvalue weighted by atomic mass is 9.73. The molecule has 0 saturated heterocycles. The van der Waals surface area contributed by atoms with E-state index in [4.69, 9.17) is 16.7 Å². The van der Waals surface area contributed by atoms with E-state index in [2.05, 4.69) is 5.32 Å². The van der Waals surface area contributed by atoms with Gasteiger partial charge in [0, 0.05) is 5.02 Å². The molecule has 0 spiro atoms. The number of carboxylic acid groups (broad SMARTS) is 1. The van der Waals surface area contributed by atoms with E-state index in [-0.39, 0.29) is 11.9 Å². The van der Waals surface area contributed by atoms with Crippen LogP contribution in [0.1, 0.15) is 30.0 Å². The number of carbonyl (C=O) groups is 2. The number of aliphatic carboxylic acids is 1. The van der Waals surface area contributed by atoms with E-state index < -0.39 is 17.8 Å². The first-order chi connectivity index (χ1) is 11.6. The summed E-state index contributed by atoms with van der Waals surface area (Å²) in [5.41, 5.74) is 1.80. The van der Waals surface area contributed by atoms with Crippen molar-refractivity contribution < 1.29 is 14.7 Å². The van der Waals surface area contributed by atoms with Crippen LogP contribution in [0.25, 0.3) is 0 Å². The van der Waals surface area contributed by atoms with E-state index >= 15 is 0 Å². The highest BCUT2D eigenvalue weighted by Crippen LogP contribution is 2.35. The van der Waals surface area contributed by atoms with Crippen molar-refractivity contribution in [2.45, 2.75) is 18.9 Å². The molecule has 3 unspecified atom stereocenters. The highest BCUT2D eigenvalue weighted by Gasteiger charge is 2.42. The van der Waals surface area contributed by atoms with E-state index in [1.807, 2.05) is 48.5 Å². The molecule has 124 valence electrons. The first-order valence-corrected chi connectivity index (χ1v) is 8.27. The monoisotopic (exact) mass is 343 g/mol. The SMILES string of the molecule is O=C(O)C1CCC1C(=O)NC(c1ccccc1)c1cccc(Cl)c1. The Bertz CT molecular complexity index is 747. The summed E-state index contributed by atoms with van der Waals surface area (Å²) in [6, 6.07) is 16.6. The molecule has 0 radical (unpaired) electrons. The zero-order valence-corrected chi connectivity index (χ0v) is 13.7. The summed E-state index contributed by atoms with van der Waals surface area (Å²) >= 11 is 6.09. The van der Waals surface area contributed by atoms with Gasteiger partial charge in [0.1, 0.15) is 0 Å². The van der Waals surface area contributed by atoms with E-state index in [1.54, 1.807) is 6.07 Å². The maximum absolute atomic E-state index is 12.6. The minimum Gasteiger partial charge on any atom is -0.481 e. The predicted octanol–water partition coefficient (Wildman–Crippen LogP) is 3.66. The number of benzene rings is 2. The molecule has 1 aliphatic carbocycles. The van der Waals surface area contributed by atoms with E-state index in [0.717, 1.165) is 11.1 Å². The summed E-state index contributed by atoms with van der Waals surface area (Å²) < 4.78 is 0. The topological polar surface area (TPSA) is 66.4 Å². The van der Waals surface area contributed by atoms with Gasteiger partial charge in [-0.2, -0.15) is 0 Å². The number of hydrogen-bond donors (Lipinski definition) is 2. The minimum atomic E-state index is -0.902. The second-order valence-corrected chi connectivity index (χ2v) is 6.47. The third kappa shape index (κ3) is 3.44. The summed E-state index contributed by atoms with van der Waals surface area (Å²) in [5, 5.41) is 12.8. The first-order valence-electron chi connectivity index (χ1n) is 7.90. The number of carboxylic acids is 1. The van der Waals surface area contributed by atoms with Gasteiger partial charge < -0.3 is 10.4 Å². The summed E-state index contributed by atoms with van der Waals surface area (Å²) in [4.78, 5) is 23.7. The largest absolute Gasteiger partial charge is 0.481 e. The molecular formula is C19H18ClNO3. The lowest BCUT2D eigenvalue weighted by molar-refractivity contribution is -0.152. The van der Waals surface area contributed by atoms with Crippen LogP contribution < -0.4 is 5.32 Å². The highest BCUT2D eigenvalue weighted by atomic mass is 35.5. The van der Waals surface area contributed by atoms with Crippen LogP contribution in [0.5, 0.6) is 0 Å². The molecule has 0 heterocycles. The third-order valence-corrected chi connectivity index (χ3v) is 4.76. The molecule has 1 aliphatic rings. The quantitative estimate of drug-likeness (QED) is 0.870. The van der Waals surface area contributed by atoms with Crippen LogP contribution in [0, 0.1) is 11.8 Å². The van der Waals surface area contributed by atoms with Crippen LogP contribution in [0.4, 0.5) is 0 Å². The molecule has 0 aromatic heterocycles. The Balaban J connectivity index is 1.86. The van der Waals surface area contributed by atoms with Crippen molar-refractivity contribution in [2.24, 2.45) is 11.8 Å². The summed E-state index contributed by atoms with van der Waals surface area (Å²) in [6.45, 7) is 0. The van der Waals surface area contributed by atoms with Crippen LogP contribution in [0.3, 0.4) is 0 Å². The van der Waals surface area contributed by atoms with E-state index in [1.165, 1.54) is 0 Å². The molecule has 5 heteroatoms. The van der Waals surface area contributed by atoms with Crippen molar-refractivity contribution in [1.29, 1.82) is 0 Å². The van der Waals surface area contributed by atoms with Crippen molar-refractivity contribution in [1.82, 2.24) is 5.32 Å². The summed E-state index contributed by atoms with van der Waals surface area (Å²) in [6.07, 6.45) is 1.17. The summed E-state index contributed by atoms with van der Waals surface area (Å²) in [5.74, 6) is -2.17. The van der Waals surface area contributed by atoms with Crippen LogP contribution in [-0.2, 0) is 9.59 Å². The lowest BCUT2D eigenvalue weighted by Crippen LogP contribution is -2.45. The van der Waals surface area contributed by atoms with Crippen molar-refractivity contribution in [3.63, 3.8) is 0 Å². The number of halogens is 1. The van der Waals surface area contributed by atoms with Gasteiger partial charge in [0.15, 0.2) is 0 Å². The molecule has 4 nitrogen and oxygen atoms in total. The third-order valence-electron chi connectivity index (χ3n) is 4.53. The van der Waals surface area contributed by atoms with Crippen LogP contribution in [0.2, 0.25) is 5.02 Å². The fourth-order valence-corrected chi connectivity index (χ4v) is 3.25. The van der Waals surface area contributed by atoms with Gasteiger partial charge in [-0.05, 0) is 36.1 Å². The van der Waals surface area contributed by atoms with Crippen LogP contribution in [0.15, 0.2) is 54.6 Å². The second-order valence-electron chi connectivity index (χ2n) is 6.04. The maximum atomic E-state index is 12.6. The van der Waals surface area contributed by atoms with Gasteiger partial charge in [0.2, 0.25) is 5.91 Å². The van der Waals surface area contributed by atoms with E-state index in [0.29, 0.717) is 17.9 Å². The number of nitrogens with one attached hydrogen (secondary N) is 1. The van der Waals surface area contributed by atoms with Gasteiger partial charge in [0.05, 0.1) is 17.9 Å². The number of hydrogen-bond acceptors (Lipinski definition) is 2. The Kier molecular flexibility index (Phi) is 4.86. The Labute approximate surface area is 145 Å². The van der Waals surface area contributed by atoms with Gasteiger partial charge in [-0.1, -0.05) is 54.1 Å². The molecule has 2 aromatic rings. The normalized spacial score (nSPS) is 20.7. The maximum Gasteiger partial charge on any atom is 0.307 e. The average Bonchev–Trinajstić information content (AvgIpc) is 2.52. The molecule has 2 N–H and O–H groups in total.